The van der Waals surface area contributed by atoms with Crippen molar-refractivity contribution in [1.29, 1.82) is 0 Å². The first kappa shape index (κ1) is 50.7. The van der Waals surface area contributed by atoms with E-state index in [9.17, 15) is 14.4 Å². The molecule has 372 valence electrons. The summed E-state index contributed by atoms with van der Waals surface area (Å²) in [5, 5.41) is 0.231. The van der Waals surface area contributed by atoms with Crippen LogP contribution in [0.3, 0.4) is 0 Å². The van der Waals surface area contributed by atoms with Crippen molar-refractivity contribution in [1.82, 2.24) is 24.8 Å². The van der Waals surface area contributed by atoms with Gasteiger partial charge in [0.25, 0.3) is 0 Å². The first-order valence-corrected chi connectivity index (χ1v) is 23.3. The molecule has 4 heterocycles. The molecule has 4 aromatic rings. The third-order valence-corrected chi connectivity index (χ3v) is 13.0. The van der Waals surface area contributed by atoms with Crippen LogP contribution in [-0.2, 0) is 25.4 Å². The van der Waals surface area contributed by atoms with E-state index >= 15 is 0 Å². The van der Waals surface area contributed by atoms with Gasteiger partial charge in [-0.05, 0) is 81.8 Å². The van der Waals surface area contributed by atoms with Crippen molar-refractivity contribution in [2.24, 2.45) is 5.92 Å². The minimum atomic E-state index is -0.831. The van der Waals surface area contributed by atoms with Gasteiger partial charge in [0.2, 0.25) is 18.5 Å². The fourth-order valence-electron chi connectivity index (χ4n) is 9.05. The quantitative estimate of drug-likeness (QED) is 0.0330. The number of rotatable bonds is 18. The number of anilines is 1. The zero-order chi connectivity index (χ0) is 50.2. The van der Waals surface area contributed by atoms with Crippen LogP contribution in [0.1, 0.15) is 95.3 Å². The van der Waals surface area contributed by atoms with Gasteiger partial charge in [0.05, 0.1) is 46.7 Å². The maximum atomic E-state index is 13.6. The van der Waals surface area contributed by atoms with Crippen molar-refractivity contribution in [2.45, 2.75) is 70.8 Å². The largest absolute Gasteiger partial charge is 0.496 e. The van der Waals surface area contributed by atoms with Crippen LogP contribution in [0.25, 0.3) is 5.57 Å². The molecule has 1 fully saturated rings. The van der Waals surface area contributed by atoms with Gasteiger partial charge in [-0.1, -0.05) is 29.5 Å². The highest BCUT2D eigenvalue weighted by Gasteiger charge is 2.40. The molecule has 19 heteroatoms. The summed E-state index contributed by atoms with van der Waals surface area (Å²) in [6.45, 7) is 6.28. The SMILES string of the molecule is COc1cc([C@H](c2cc3c(cc2[C@@H](C)OC(=O)N(C)CCN(C)C(=O)OCCC#CC2=CC(CCCc4ncc(C)c(OC)c4C)c4nc(N)nc(Cl)c42)OCO3)C2CCOC2=O)cc(OC)c1OC. The van der Waals surface area contributed by atoms with Crippen LogP contribution in [0.2, 0.25) is 5.15 Å². The number of hydrogen-bond donors (Lipinski definition) is 1. The number of esters is 1. The molecule has 3 aliphatic rings. The molecule has 2 unspecified atom stereocenters. The van der Waals surface area contributed by atoms with Gasteiger partial charge in [0.1, 0.15) is 23.6 Å². The Hall–Kier alpha value is -7.13. The predicted octanol–water partition coefficient (Wildman–Crippen LogP) is 7.98. The highest BCUT2D eigenvalue weighted by Crippen LogP contribution is 2.49. The van der Waals surface area contributed by atoms with E-state index in [0.29, 0.717) is 63.0 Å². The number of amides is 2. The number of fused-ring (bicyclic) bond motifs is 2. The van der Waals surface area contributed by atoms with E-state index in [4.69, 9.17) is 60.0 Å². The van der Waals surface area contributed by atoms with Crippen LogP contribution >= 0.6 is 11.6 Å². The van der Waals surface area contributed by atoms with Crippen molar-refractivity contribution in [3.8, 4) is 46.3 Å². The summed E-state index contributed by atoms with van der Waals surface area (Å²) in [4.78, 5) is 56.0. The Kier molecular flexibility index (Phi) is 16.3. The van der Waals surface area contributed by atoms with E-state index in [1.165, 1.54) is 31.1 Å². The maximum absolute atomic E-state index is 13.6. The number of carbonyl (C=O) groups excluding carboxylic acids is 3. The number of nitrogen functional groups attached to an aromatic ring is 1. The molecule has 0 bridgehead atoms. The van der Waals surface area contributed by atoms with Crippen molar-refractivity contribution >= 4 is 41.3 Å². The molecule has 2 aliphatic heterocycles. The molecule has 1 saturated heterocycles. The fraction of sp³-hybridized carbons (Fsp3) is 0.451. The molecule has 0 saturated carbocycles. The number of likely N-dealkylation sites (N-methyl/N-ethyl adjacent to an activating group) is 2. The van der Waals surface area contributed by atoms with Crippen LogP contribution < -0.4 is 34.2 Å². The van der Waals surface area contributed by atoms with E-state index in [1.54, 1.807) is 46.3 Å². The van der Waals surface area contributed by atoms with E-state index < -0.39 is 30.1 Å². The number of benzene rings is 2. The Morgan fingerprint density at radius 3 is 2.23 bits per heavy atom. The highest BCUT2D eigenvalue weighted by molar-refractivity contribution is 6.31. The fourth-order valence-corrected chi connectivity index (χ4v) is 9.33. The number of nitrogens with two attached hydrogens (primary N) is 1. The second kappa shape index (κ2) is 22.5. The number of methoxy groups -OCH3 is 4. The Labute approximate surface area is 412 Å². The summed E-state index contributed by atoms with van der Waals surface area (Å²) in [5.74, 6) is 7.71. The van der Waals surface area contributed by atoms with Crippen LogP contribution in [0.4, 0.5) is 15.5 Å². The third-order valence-electron chi connectivity index (χ3n) is 12.7. The monoisotopic (exact) mass is 982 g/mol. The lowest BCUT2D eigenvalue weighted by Gasteiger charge is -2.29. The van der Waals surface area contributed by atoms with Crippen LogP contribution in [0.5, 0.6) is 34.5 Å². The molecule has 4 atom stereocenters. The number of aromatic nitrogens is 3. The van der Waals surface area contributed by atoms with E-state index in [2.05, 4.69) is 26.8 Å². The van der Waals surface area contributed by atoms with Gasteiger partial charge in [-0.15, -0.1) is 0 Å². The Balaban J connectivity index is 0.952. The number of nitrogens with zero attached hydrogens (tertiary/aromatic N) is 5. The second-order valence-corrected chi connectivity index (χ2v) is 17.5. The number of allylic oxidation sites excluding steroid dienone is 2. The summed E-state index contributed by atoms with van der Waals surface area (Å²) in [6, 6.07) is 7.17. The molecule has 70 heavy (non-hydrogen) atoms. The summed E-state index contributed by atoms with van der Waals surface area (Å²) in [7, 11) is 9.36. The van der Waals surface area contributed by atoms with Gasteiger partial charge in [0, 0.05) is 85.2 Å². The van der Waals surface area contributed by atoms with Gasteiger partial charge in [-0.25, -0.2) is 19.6 Å². The summed E-state index contributed by atoms with van der Waals surface area (Å²) in [5.41, 5.74) is 13.0. The number of halogens is 1. The number of cyclic esters (lactones) is 1. The second-order valence-electron chi connectivity index (χ2n) is 17.1. The lowest BCUT2D eigenvalue weighted by atomic mass is 9.77. The van der Waals surface area contributed by atoms with Crippen molar-refractivity contribution in [3.05, 3.63) is 86.5 Å². The van der Waals surface area contributed by atoms with Gasteiger partial charge >= 0.3 is 18.2 Å². The minimum absolute atomic E-state index is 0.000448. The molecule has 7 rings (SSSR count). The lowest BCUT2D eigenvalue weighted by molar-refractivity contribution is -0.141. The van der Waals surface area contributed by atoms with Crippen molar-refractivity contribution in [3.63, 3.8) is 0 Å². The van der Waals surface area contributed by atoms with E-state index in [-0.39, 0.29) is 62.5 Å². The van der Waals surface area contributed by atoms with Crippen molar-refractivity contribution < 1.29 is 57.0 Å². The number of pyridine rings is 1. The molecular weight excluding hydrogens is 924 g/mol. The Morgan fingerprint density at radius 1 is 0.914 bits per heavy atom. The van der Waals surface area contributed by atoms with Gasteiger partial charge in [-0.3, -0.25) is 9.78 Å². The molecule has 1 aliphatic carbocycles. The highest BCUT2D eigenvalue weighted by atomic mass is 35.5. The van der Waals surface area contributed by atoms with Gasteiger partial charge in [0.15, 0.2) is 23.0 Å². The molecule has 0 spiro atoms. The number of carbonyl (C=O) groups is 3. The van der Waals surface area contributed by atoms with Crippen LogP contribution in [-0.4, -0.2) is 119 Å². The predicted molar refractivity (Wildman–Crippen MR) is 259 cm³/mol. The Morgan fingerprint density at radius 2 is 1.59 bits per heavy atom. The average Bonchev–Trinajstić information content (AvgIpc) is 4.09. The van der Waals surface area contributed by atoms with Crippen LogP contribution in [0, 0.1) is 31.6 Å². The molecule has 2 aromatic carbocycles. The molecule has 2 aromatic heterocycles. The zero-order valence-electron chi connectivity index (χ0n) is 40.9. The molecule has 2 amide bonds. The van der Waals surface area contributed by atoms with Gasteiger partial charge < -0.3 is 58.2 Å². The Bertz CT molecular complexity index is 2700. The topological polar surface area (TPSA) is 205 Å². The van der Waals surface area contributed by atoms with Crippen LogP contribution in [0.15, 0.2) is 36.5 Å². The minimum Gasteiger partial charge on any atom is -0.496 e. The lowest BCUT2D eigenvalue weighted by Crippen LogP contribution is -2.38. The number of aryl methyl sites for hydroxylation is 2. The van der Waals surface area contributed by atoms with E-state index in [0.717, 1.165) is 47.5 Å². The molecule has 2 N–H and O–H groups in total. The summed E-state index contributed by atoms with van der Waals surface area (Å²) >= 11 is 6.58. The average molecular weight is 984 g/mol. The van der Waals surface area contributed by atoms with Crippen molar-refractivity contribution in [2.75, 3.05) is 81.4 Å². The van der Waals surface area contributed by atoms with E-state index in [1.807, 2.05) is 32.2 Å². The molecule has 18 nitrogen and oxygen atoms in total. The molecular formula is C51H59ClN6O12. The maximum Gasteiger partial charge on any atom is 0.410 e. The smallest absolute Gasteiger partial charge is 0.410 e. The number of hydrogen-bond acceptors (Lipinski definition) is 16. The first-order chi connectivity index (χ1) is 33.7. The normalized spacial score (nSPS) is 16.2. The third kappa shape index (κ3) is 11.0. The zero-order valence-corrected chi connectivity index (χ0v) is 41.7. The molecule has 0 radical (unpaired) electrons. The standard InChI is InChI=1S/C51H59ClN6O12/c1-28-26-54-37(29(2)45(28)64-8)15-12-14-32-21-31(43-44(32)55-49(53)56-47(43)52)13-10-11-19-67-50(60)57(4)17-18-58(5)51(61)70-30(3)35-24-38-39(69-27-68-38)25-36(35)42(34-16-20-66-48(34)59)33-22-40(62-6)46(65-9)41(23-33)63-7/h21-26,30,32,34,42H,11-12,14-20,27H2,1-9H3,(H2,53,55,56)/t30-,32?,34?,42+/m1/s1. The summed E-state index contributed by atoms with van der Waals surface area (Å²) in [6.07, 6.45) is 4.83. The number of ether oxygens (including phenoxy) is 9. The summed E-state index contributed by atoms with van der Waals surface area (Å²) < 4.78 is 51.1. The van der Waals surface area contributed by atoms with Gasteiger partial charge in [-0.2, -0.15) is 0 Å². The first-order valence-electron chi connectivity index (χ1n) is 22.9.